The number of hydrogen-bond acceptors (Lipinski definition) is 6. The van der Waals surface area contributed by atoms with Gasteiger partial charge in [-0.05, 0) is 42.8 Å². The molecule has 1 amide bonds. The number of carbonyl (C=O) groups excluding carboxylic acids is 2. The summed E-state index contributed by atoms with van der Waals surface area (Å²) in [7, 11) is 1.61. The number of carbonyl (C=O) groups is 2. The van der Waals surface area contributed by atoms with Crippen molar-refractivity contribution in [3.05, 3.63) is 59.4 Å². The third-order valence-electron chi connectivity index (χ3n) is 6.18. The second kappa shape index (κ2) is 8.13. The second-order valence-electron chi connectivity index (χ2n) is 8.93. The predicted molar refractivity (Wildman–Crippen MR) is 126 cm³/mol. The van der Waals surface area contributed by atoms with E-state index in [0.717, 1.165) is 16.5 Å². The molecule has 176 valence electrons. The van der Waals surface area contributed by atoms with Gasteiger partial charge in [0.25, 0.3) is 5.91 Å². The Balaban J connectivity index is 1.64. The number of rotatable bonds is 4. The number of methoxy groups -OCH3 is 1. The smallest absolute Gasteiger partial charge is 0.341 e. The molecule has 0 radical (unpaired) electrons. The molecule has 2 aliphatic rings. The van der Waals surface area contributed by atoms with E-state index in [0.29, 0.717) is 40.6 Å². The van der Waals surface area contributed by atoms with E-state index in [9.17, 15) is 9.59 Å². The molecule has 0 aliphatic carbocycles. The lowest BCUT2D eigenvalue weighted by Crippen LogP contribution is -2.36. The molecule has 0 fully saturated rings. The van der Waals surface area contributed by atoms with Crippen LogP contribution in [0.15, 0.2) is 42.6 Å². The Kier molecular flexibility index (Phi) is 5.23. The minimum Gasteiger partial charge on any atom is -0.497 e. The van der Waals surface area contributed by atoms with E-state index < -0.39 is 11.4 Å². The summed E-state index contributed by atoms with van der Waals surface area (Å²) in [4.78, 5) is 31.6. The van der Waals surface area contributed by atoms with Crippen LogP contribution in [-0.4, -0.2) is 48.8 Å². The minimum absolute atomic E-state index is 0.128. The number of aromatic nitrogens is 1. The number of nitrogens with one attached hydrogen (secondary N) is 1. The molecule has 1 N–H and O–H groups in total. The van der Waals surface area contributed by atoms with E-state index in [2.05, 4.69) is 18.8 Å². The highest BCUT2D eigenvalue weighted by Crippen LogP contribution is 2.41. The zero-order chi connectivity index (χ0) is 24.0. The average Bonchev–Trinajstić information content (AvgIpc) is 3.42. The van der Waals surface area contributed by atoms with Crippen molar-refractivity contribution in [2.24, 2.45) is 0 Å². The van der Waals surface area contributed by atoms with Crippen LogP contribution in [0.25, 0.3) is 16.5 Å². The second-order valence-corrected chi connectivity index (χ2v) is 8.93. The van der Waals surface area contributed by atoms with E-state index in [4.69, 9.17) is 18.9 Å². The van der Waals surface area contributed by atoms with Crippen LogP contribution >= 0.6 is 0 Å². The largest absolute Gasteiger partial charge is 0.497 e. The number of esters is 1. The van der Waals surface area contributed by atoms with Crippen LogP contribution < -0.4 is 14.2 Å². The van der Waals surface area contributed by atoms with Gasteiger partial charge >= 0.3 is 5.97 Å². The fourth-order valence-corrected chi connectivity index (χ4v) is 4.67. The summed E-state index contributed by atoms with van der Waals surface area (Å²) < 4.78 is 21.5. The van der Waals surface area contributed by atoms with Gasteiger partial charge in [0.05, 0.1) is 25.0 Å². The molecule has 8 heteroatoms. The number of nitrogens with zero attached hydrogens (tertiary/aromatic N) is 1. The molecule has 8 nitrogen and oxygen atoms in total. The zero-order valence-electron chi connectivity index (χ0n) is 19.6. The summed E-state index contributed by atoms with van der Waals surface area (Å²) in [6, 6.07) is 10.9. The van der Waals surface area contributed by atoms with Gasteiger partial charge in [-0.25, -0.2) is 4.79 Å². The number of benzene rings is 2. The summed E-state index contributed by atoms with van der Waals surface area (Å²) in [5, 5.41) is 0.966. The van der Waals surface area contributed by atoms with Crippen LogP contribution in [-0.2, 0) is 14.9 Å². The van der Waals surface area contributed by atoms with E-state index >= 15 is 0 Å². The van der Waals surface area contributed by atoms with Crippen LogP contribution in [0.5, 0.6) is 17.2 Å². The fraction of sp³-hybridized carbons (Fsp3) is 0.308. The van der Waals surface area contributed by atoms with Crippen molar-refractivity contribution >= 4 is 28.4 Å². The van der Waals surface area contributed by atoms with Crippen molar-refractivity contribution < 1.29 is 28.5 Å². The van der Waals surface area contributed by atoms with Gasteiger partial charge in [-0.3, -0.25) is 4.79 Å². The lowest BCUT2D eigenvalue weighted by molar-refractivity contribution is -0.136. The summed E-state index contributed by atoms with van der Waals surface area (Å²) in [5.41, 5.74) is 2.70. The molecular formula is C26H26N2O6. The Morgan fingerprint density at radius 3 is 2.68 bits per heavy atom. The Bertz CT molecular complexity index is 1340. The number of amides is 1. The molecule has 0 saturated carbocycles. The van der Waals surface area contributed by atoms with Crippen molar-refractivity contribution in [1.82, 2.24) is 9.88 Å². The number of H-pyrrole nitrogens is 1. The summed E-state index contributed by atoms with van der Waals surface area (Å²) in [6.07, 6.45) is 1.59. The number of aromatic amines is 1. The van der Waals surface area contributed by atoms with Crippen molar-refractivity contribution in [2.75, 3.05) is 27.1 Å². The van der Waals surface area contributed by atoms with Crippen LogP contribution in [0.2, 0.25) is 0 Å². The van der Waals surface area contributed by atoms with E-state index in [1.165, 1.54) is 0 Å². The highest BCUT2D eigenvalue weighted by atomic mass is 16.7. The molecule has 0 unspecified atom stereocenters. The highest BCUT2D eigenvalue weighted by Gasteiger charge is 2.37. The van der Waals surface area contributed by atoms with Crippen LogP contribution in [0.4, 0.5) is 0 Å². The van der Waals surface area contributed by atoms with Gasteiger partial charge in [0.15, 0.2) is 11.5 Å². The maximum Gasteiger partial charge on any atom is 0.341 e. The van der Waals surface area contributed by atoms with E-state index in [1.54, 1.807) is 43.3 Å². The number of ether oxygens (including phenoxy) is 4. The Morgan fingerprint density at radius 2 is 1.91 bits per heavy atom. The van der Waals surface area contributed by atoms with Crippen LogP contribution in [0.1, 0.15) is 42.4 Å². The molecule has 1 aromatic heterocycles. The molecule has 2 aromatic carbocycles. The van der Waals surface area contributed by atoms with Gasteiger partial charge in [-0.1, -0.05) is 13.8 Å². The first-order valence-electron chi connectivity index (χ1n) is 11.1. The Labute approximate surface area is 197 Å². The first-order valence-corrected chi connectivity index (χ1v) is 11.1. The van der Waals surface area contributed by atoms with Gasteiger partial charge < -0.3 is 28.8 Å². The number of fused-ring (bicyclic) bond motifs is 4. The topological polar surface area (TPSA) is 90.1 Å². The summed E-state index contributed by atoms with van der Waals surface area (Å²) in [6.45, 7) is 6.58. The van der Waals surface area contributed by atoms with Gasteiger partial charge in [-0.15, -0.1) is 0 Å². The van der Waals surface area contributed by atoms with Crippen molar-refractivity contribution in [1.29, 1.82) is 0 Å². The molecule has 0 bridgehead atoms. The quantitative estimate of drug-likeness (QED) is 0.584. The van der Waals surface area contributed by atoms with Crippen LogP contribution in [0, 0.1) is 0 Å². The Morgan fingerprint density at radius 1 is 1.12 bits per heavy atom. The zero-order valence-corrected chi connectivity index (χ0v) is 19.6. The standard InChI is InChI=1S/C26H26N2O6/c1-5-32-25(30)18-12-28(24(29)15-6-9-20-21(10-15)34-14-33-20)13-26(2,3)22-17-8-7-16(31-4)11-19(17)27-23(18)22/h6-12,27H,5,13-14H2,1-4H3. The maximum atomic E-state index is 13.6. The third-order valence-corrected chi connectivity index (χ3v) is 6.18. The lowest BCUT2D eigenvalue weighted by atomic mass is 9.81. The fourth-order valence-electron chi connectivity index (χ4n) is 4.67. The van der Waals surface area contributed by atoms with Crippen LogP contribution in [0.3, 0.4) is 0 Å². The molecule has 0 spiro atoms. The normalized spacial score (nSPS) is 16.0. The number of hydrogen-bond donors (Lipinski definition) is 1. The first-order chi connectivity index (χ1) is 16.3. The van der Waals surface area contributed by atoms with Gasteiger partial charge in [0, 0.05) is 40.7 Å². The average molecular weight is 463 g/mol. The summed E-state index contributed by atoms with van der Waals surface area (Å²) in [5.74, 6) is 1.10. The summed E-state index contributed by atoms with van der Waals surface area (Å²) >= 11 is 0. The van der Waals surface area contributed by atoms with Gasteiger partial charge in [0.1, 0.15) is 5.75 Å². The van der Waals surface area contributed by atoms with Crippen molar-refractivity contribution in [3.8, 4) is 17.2 Å². The van der Waals surface area contributed by atoms with Gasteiger partial charge in [0.2, 0.25) is 6.79 Å². The first kappa shape index (κ1) is 21.9. The SMILES string of the molecule is CCOC(=O)C1=CN(C(=O)c2ccc3c(c2)OCO3)CC(C)(C)c2c1[nH]c1cc(OC)ccc21. The molecule has 0 atom stereocenters. The molecule has 3 aromatic rings. The monoisotopic (exact) mass is 462 g/mol. The molecule has 2 aliphatic heterocycles. The molecule has 0 saturated heterocycles. The third kappa shape index (κ3) is 3.55. The molecular weight excluding hydrogens is 436 g/mol. The van der Waals surface area contributed by atoms with Crippen molar-refractivity contribution in [2.45, 2.75) is 26.2 Å². The van der Waals surface area contributed by atoms with Crippen molar-refractivity contribution in [3.63, 3.8) is 0 Å². The Hall–Kier alpha value is -3.94. The highest BCUT2D eigenvalue weighted by molar-refractivity contribution is 6.18. The predicted octanol–water partition coefficient (Wildman–Crippen LogP) is 4.24. The van der Waals surface area contributed by atoms with E-state index in [1.807, 2.05) is 18.2 Å². The lowest BCUT2D eigenvalue weighted by Gasteiger charge is -2.29. The van der Waals surface area contributed by atoms with Gasteiger partial charge in [-0.2, -0.15) is 0 Å². The van der Waals surface area contributed by atoms with E-state index in [-0.39, 0.29) is 19.3 Å². The maximum absolute atomic E-state index is 13.6. The molecule has 5 rings (SSSR count). The minimum atomic E-state index is -0.497. The molecule has 3 heterocycles. The molecule has 34 heavy (non-hydrogen) atoms.